The topological polar surface area (TPSA) is 53.5 Å². The molecule has 0 N–H and O–H groups in total. The summed E-state index contributed by atoms with van der Waals surface area (Å²) in [4.78, 5) is 33.3. The number of rotatable bonds is 4. The average molecular weight is 394 g/mol. The van der Waals surface area contributed by atoms with Crippen LogP contribution in [0.4, 0.5) is 0 Å². The number of hydrogen-bond donors (Lipinski definition) is 0. The summed E-state index contributed by atoms with van der Waals surface area (Å²) in [5, 5.41) is 1.91. The molecule has 2 aromatic rings. The van der Waals surface area contributed by atoms with Crippen molar-refractivity contribution >= 4 is 39.0 Å². The molecule has 23 heavy (non-hydrogen) atoms. The fourth-order valence-electron chi connectivity index (χ4n) is 2.54. The maximum absolute atomic E-state index is 12.4. The van der Waals surface area contributed by atoms with Crippen molar-refractivity contribution in [3.63, 3.8) is 0 Å². The Morgan fingerprint density at radius 3 is 2.65 bits per heavy atom. The number of halogens is 1. The minimum Gasteiger partial charge on any atom is -0.336 e. The Bertz CT molecular complexity index is 697. The van der Waals surface area contributed by atoms with Crippen molar-refractivity contribution in [2.24, 2.45) is 0 Å². The summed E-state index contributed by atoms with van der Waals surface area (Å²) in [6.45, 7) is 3.10. The molecule has 120 valence electrons. The highest BCUT2D eigenvalue weighted by Crippen LogP contribution is 2.14. The van der Waals surface area contributed by atoms with Gasteiger partial charge in [0.25, 0.3) is 5.91 Å². The summed E-state index contributed by atoms with van der Waals surface area (Å²) in [7, 11) is 0. The van der Waals surface area contributed by atoms with Gasteiger partial charge in [-0.05, 0) is 33.4 Å². The van der Waals surface area contributed by atoms with Crippen LogP contribution in [0, 0.1) is 0 Å². The number of ketones is 1. The van der Waals surface area contributed by atoms with E-state index in [1.807, 2.05) is 22.4 Å². The van der Waals surface area contributed by atoms with Crippen LogP contribution in [0.25, 0.3) is 0 Å². The van der Waals surface area contributed by atoms with E-state index >= 15 is 0 Å². The number of amides is 1. The number of aromatic nitrogens is 1. The van der Waals surface area contributed by atoms with Gasteiger partial charge in [-0.25, -0.2) is 0 Å². The Morgan fingerprint density at radius 1 is 1.22 bits per heavy atom. The van der Waals surface area contributed by atoms with Gasteiger partial charge in [-0.2, -0.15) is 0 Å². The minimum absolute atomic E-state index is 0.0111. The van der Waals surface area contributed by atoms with E-state index in [2.05, 4.69) is 25.8 Å². The molecule has 0 bridgehead atoms. The van der Waals surface area contributed by atoms with E-state index in [0.717, 1.165) is 9.35 Å². The Hall–Kier alpha value is -1.57. The molecule has 0 aliphatic carbocycles. The van der Waals surface area contributed by atoms with Gasteiger partial charge in [0.15, 0.2) is 5.78 Å². The first-order chi connectivity index (χ1) is 11.1. The lowest BCUT2D eigenvalue weighted by Gasteiger charge is -2.34. The smallest absolute Gasteiger partial charge is 0.255 e. The number of carbonyl (C=O) groups is 2. The zero-order valence-electron chi connectivity index (χ0n) is 12.4. The van der Waals surface area contributed by atoms with Gasteiger partial charge in [0.2, 0.25) is 0 Å². The van der Waals surface area contributed by atoms with Crippen LogP contribution in [0.1, 0.15) is 20.0 Å². The second kappa shape index (κ2) is 7.33. The molecule has 0 spiro atoms. The molecule has 7 heteroatoms. The lowest BCUT2D eigenvalue weighted by molar-refractivity contribution is 0.0624. The summed E-state index contributed by atoms with van der Waals surface area (Å²) in [6, 6.07) is 5.52. The highest BCUT2D eigenvalue weighted by molar-refractivity contribution is 9.10. The fraction of sp³-hybridized carbons (Fsp3) is 0.312. The van der Waals surface area contributed by atoms with Gasteiger partial charge in [-0.15, -0.1) is 11.3 Å². The first-order valence-electron chi connectivity index (χ1n) is 7.32. The van der Waals surface area contributed by atoms with Crippen LogP contribution < -0.4 is 0 Å². The molecule has 5 nitrogen and oxygen atoms in total. The van der Waals surface area contributed by atoms with E-state index in [-0.39, 0.29) is 11.7 Å². The van der Waals surface area contributed by atoms with Crippen LogP contribution in [0.15, 0.2) is 40.4 Å². The lowest BCUT2D eigenvalue weighted by Crippen LogP contribution is -2.49. The van der Waals surface area contributed by atoms with Crippen molar-refractivity contribution in [1.82, 2.24) is 14.8 Å². The van der Waals surface area contributed by atoms with Gasteiger partial charge in [-0.3, -0.25) is 19.5 Å². The third kappa shape index (κ3) is 4.04. The van der Waals surface area contributed by atoms with Crippen LogP contribution in [-0.4, -0.2) is 59.2 Å². The van der Waals surface area contributed by atoms with Crippen molar-refractivity contribution < 1.29 is 9.59 Å². The second-order valence-corrected chi connectivity index (χ2v) is 7.22. The Labute approximate surface area is 147 Å². The number of Topliss-reactive ketones (excluding diaryl/α,β-unsaturated/α-hetero) is 1. The normalized spacial score (nSPS) is 15.6. The Kier molecular flexibility index (Phi) is 5.20. The van der Waals surface area contributed by atoms with E-state index in [4.69, 9.17) is 0 Å². The van der Waals surface area contributed by atoms with Crippen LogP contribution in [0.2, 0.25) is 0 Å². The standard InChI is InChI=1S/C16H16BrN3O2S/c17-13-8-12(9-18-10-13)16(22)20-5-3-19(4-6-20)11-14(21)15-2-1-7-23-15/h1-2,7-10H,3-6,11H2. The van der Waals surface area contributed by atoms with Gasteiger partial charge >= 0.3 is 0 Å². The predicted octanol–water partition coefficient (Wildman–Crippen LogP) is 2.55. The van der Waals surface area contributed by atoms with E-state index < -0.39 is 0 Å². The molecule has 3 rings (SSSR count). The Morgan fingerprint density at radius 2 is 2.00 bits per heavy atom. The molecule has 3 heterocycles. The number of thiophene rings is 1. The highest BCUT2D eigenvalue weighted by Gasteiger charge is 2.24. The number of pyridine rings is 1. The summed E-state index contributed by atoms with van der Waals surface area (Å²) in [6.07, 6.45) is 3.24. The number of piperazine rings is 1. The maximum atomic E-state index is 12.4. The van der Waals surface area contributed by atoms with Crippen molar-refractivity contribution in [1.29, 1.82) is 0 Å². The molecule has 1 fully saturated rings. The average Bonchev–Trinajstić information content (AvgIpc) is 3.09. The van der Waals surface area contributed by atoms with Gasteiger partial charge < -0.3 is 4.90 Å². The molecule has 0 aromatic carbocycles. The molecular formula is C16H16BrN3O2S. The quantitative estimate of drug-likeness (QED) is 0.748. The molecule has 0 unspecified atom stereocenters. The van der Waals surface area contributed by atoms with Gasteiger partial charge in [0, 0.05) is 43.0 Å². The summed E-state index contributed by atoms with van der Waals surface area (Å²) >= 11 is 4.80. The molecular weight excluding hydrogens is 378 g/mol. The SMILES string of the molecule is O=C(CN1CCN(C(=O)c2cncc(Br)c2)CC1)c1cccs1. The van der Waals surface area contributed by atoms with Gasteiger partial charge in [0.05, 0.1) is 17.0 Å². The van der Waals surface area contributed by atoms with E-state index in [0.29, 0.717) is 38.3 Å². The van der Waals surface area contributed by atoms with Crippen molar-refractivity contribution in [2.45, 2.75) is 0 Å². The molecule has 2 aromatic heterocycles. The van der Waals surface area contributed by atoms with Crippen molar-refractivity contribution in [2.75, 3.05) is 32.7 Å². The Balaban J connectivity index is 1.54. The minimum atomic E-state index is -0.0111. The van der Waals surface area contributed by atoms with E-state index in [1.165, 1.54) is 11.3 Å². The van der Waals surface area contributed by atoms with Crippen molar-refractivity contribution in [3.8, 4) is 0 Å². The first kappa shape index (κ1) is 16.3. The molecule has 1 aliphatic rings. The molecule has 1 amide bonds. The molecule has 0 atom stereocenters. The first-order valence-corrected chi connectivity index (χ1v) is 8.99. The predicted molar refractivity (Wildman–Crippen MR) is 92.9 cm³/mol. The zero-order valence-corrected chi connectivity index (χ0v) is 14.8. The molecule has 0 radical (unpaired) electrons. The number of carbonyl (C=O) groups excluding carboxylic acids is 2. The van der Waals surface area contributed by atoms with Crippen LogP contribution in [0.3, 0.4) is 0 Å². The van der Waals surface area contributed by atoms with Crippen LogP contribution in [0.5, 0.6) is 0 Å². The molecule has 0 saturated carbocycles. The highest BCUT2D eigenvalue weighted by atomic mass is 79.9. The molecule has 1 saturated heterocycles. The maximum Gasteiger partial charge on any atom is 0.255 e. The number of hydrogen-bond acceptors (Lipinski definition) is 5. The lowest BCUT2D eigenvalue weighted by atomic mass is 10.2. The fourth-order valence-corrected chi connectivity index (χ4v) is 3.56. The third-order valence-corrected chi connectivity index (χ3v) is 5.12. The number of nitrogens with zero attached hydrogens (tertiary/aromatic N) is 3. The van der Waals surface area contributed by atoms with Crippen LogP contribution in [-0.2, 0) is 0 Å². The summed E-state index contributed by atoms with van der Waals surface area (Å²) in [5.41, 5.74) is 0.586. The summed E-state index contributed by atoms with van der Waals surface area (Å²) < 4.78 is 0.795. The van der Waals surface area contributed by atoms with Crippen molar-refractivity contribution in [3.05, 3.63) is 50.9 Å². The monoisotopic (exact) mass is 393 g/mol. The summed E-state index contributed by atoms with van der Waals surface area (Å²) in [5.74, 6) is 0.138. The third-order valence-electron chi connectivity index (χ3n) is 3.77. The second-order valence-electron chi connectivity index (χ2n) is 5.36. The zero-order chi connectivity index (χ0) is 16.2. The van der Waals surface area contributed by atoms with Gasteiger partial charge in [0.1, 0.15) is 0 Å². The molecule has 1 aliphatic heterocycles. The largest absolute Gasteiger partial charge is 0.336 e. The van der Waals surface area contributed by atoms with E-state index in [1.54, 1.807) is 18.5 Å². The van der Waals surface area contributed by atoms with E-state index in [9.17, 15) is 9.59 Å². The van der Waals surface area contributed by atoms with Gasteiger partial charge in [-0.1, -0.05) is 6.07 Å². The van der Waals surface area contributed by atoms with Crippen LogP contribution >= 0.6 is 27.3 Å².